The minimum atomic E-state index is -0.463. The molecule has 0 unspecified atom stereocenters. The summed E-state index contributed by atoms with van der Waals surface area (Å²) in [5.41, 5.74) is 7.55. The molecule has 1 amide bonds. The van der Waals surface area contributed by atoms with E-state index >= 15 is 0 Å². The van der Waals surface area contributed by atoms with Crippen molar-refractivity contribution >= 4 is 34.8 Å². The third kappa shape index (κ3) is 4.59. The van der Waals surface area contributed by atoms with E-state index in [0.29, 0.717) is 33.8 Å². The van der Waals surface area contributed by atoms with Gasteiger partial charge in [0, 0.05) is 26.7 Å². The van der Waals surface area contributed by atoms with Crippen molar-refractivity contribution in [3.63, 3.8) is 0 Å². The molecule has 0 aromatic carbocycles. The molecule has 1 rings (SSSR count). The minimum Gasteiger partial charge on any atom is -0.369 e. The first-order chi connectivity index (χ1) is 9.90. The van der Waals surface area contributed by atoms with E-state index in [9.17, 15) is 10.1 Å². The molecule has 1 aliphatic carbocycles. The van der Waals surface area contributed by atoms with Gasteiger partial charge in [-0.05, 0) is 19.6 Å². The molecule has 0 saturated heterocycles. The number of nitrogens with two attached hydrogens (primary N) is 1. The van der Waals surface area contributed by atoms with Gasteiger partial charge in [-0.3, -0.25) is 4.79 Å². The average Bonchev–Trinajstić information content (AvgIpc) is 2.56. The molecule has 4 nitrogen and oxygen atoms in total. The second-order valence-electron chi connectivity index (χ2n) is 4.42. The van der Waals surface area contributed by atoms with Crippen LogP contribution in [0.5, 0.6) is 0 Å². The summed E-state index contributed by atoms with van der Waals surface area (Å²) >= 11 is 6.80. The molecule has 0 aromatic heterocycles. The Kier molecular flexibility index (Phi) is 6.40. The van der Waals surface area contributed by atoms with Crippen LogP contribution in [-0.4, -0.2) is 17.0 Å². The van der Waals surface area contributed by atoms with Gasteiger partial charge in [0.25, 0.3) is 0 Å². The van der Waals surface area contributed by atoms with Gasteiger partial charge in [-0.25, -0.2) is 0 Å². The van der Waals surface area contributed by atoms with Crippen LogP contribution in [0, 0.1) is 11.3 Å². The Morgan fingerprint density at radius 3 is 2.76 bits per heavy atom. The molecule has 0 radical (unpaired) electrons. The summed E-state index contributed by atoms with van der Waals surface area (Å²) in [4.78, 5) is 12.5. The number of nitriles is 1. The summed E-state index contributed by atoms with van der Waals surface area (Å²) in [6, 6.07) is 2.22. The van der Waals surface area contributed by atoms with Gasteiger partial charge in [0.15, 0.2) is 0 Å². The number of thiocarbonyl (C=S) groups is 1. The predicted molar refractivity (Wildman–Crippen MR) is 91.3 cm³/mol. The predicted octanol–water partition coefficient (Wildman–Crippen LogP) is 2.71. The van der Waals surface area contributed by atoms with Crippen molar-refractivity contribution in [2.24, 2.45) is 5.73 Å². The van der Waals surface area contributed by atoms with Gasteiger partial charge >= 0.3 is 0 Å². The highest BCUT2D eigenvalue weighted by atomic mass is 32.2. The molecule has 0 fully saturated rings. The van der Waals surface area contributed by atoms with Crippen molar-refractivity contribution in [2.75, 3.05) is 6.26 Å². The maximum Gasteiger partial charge on any atom is 0.223 e. The number of amides is 1. The molecule has 0 bridgehead atoms. The van der Waals surface area contributed by atoms with E-state index in [0.717, 1.165) is 4.91 Å². The SMILES string of the molecule is C=C(CC(N)=O)NC1=CCC=C(SC)C(C#N)=C1C(C)=S. The van der Waals surface area contributed by atoms with Crippen LogP contribution in [0.2, 0.25) is 0 Å². The lowest BCUT2D eigenvalue weighted by molar-refractivity contribution is -0.117. The lowest BCUT2D eigenvalue weighted by Crippen LogP contribution is -2.22. The second-order valence-corrected chi connectivity index (χ2v) is 5.88. The zero-order chi connectivity index (χ0) is 16.0. The van der Waals surface area contributed by atoms with Gasteiger partial charge in [-0.15, -0.1) is 11.8 Å². The monoisotopic (exact) mass is 319 g/mol. The van der Waals surface area contributed by atoms with E-state index in [-0.39, 0.29) is 6.42 Å². The average molecular weight is 319 g/mol. The van der Waals surface area contributed by atoms with Gasteiger partial charge in [0.1, 0.15) is 6.07 Å². The van der Waals surface area contributed by atoms with E-state index in [1.54, 1.807) is 6.92 Å². The number of hydrogen-bond acceptors (Lipinski definition) is 5. The normalized spacial score (nSPS) is 14.5. The molecule has 0 atom stereocenters. The number of thioether (sulfide) groups is 1. The minimum absolute atomic E-state index is 0.0335. The van der Waals surface area contributed by atoms with E-state index in [2.05, 4.69) is 18.0 Å². The first-order valence-corrected chi connectivity index (χ1v) is 7.87. The van der Waals surface area contributed by atoms with Crippen LogP contribution in [-0.2, 0) is 4.79 Å². The lowest BCUT2D eigenvalue weighted by Gasteiger charge is -2.16. The van der Waals surface area contributed by atoms with Crippen LogP contribution in [0.25, 0.3) is 0 Å². The van der Waals surface area contributed by atoms with E-state index in [1.807, 2.05) is 18.4 Å². The van der Waals surface area contributed by atoms with Gasteiger partial charge in [0.05, 0.1) is 12.0 Å². The van der Waals surface area contributed by atoms with Crippen molar-refractivity contribution in [1.82, 2.24) is 5.32 Å². The van der Waals surface area contributed by atoms with Crippen LogP contribution >= 0.6 is 24.0 Å². The number of nitrogens with zero attached hydrogens (tertiary/aromatic N) is 1. The fourth-order valence-corrected chi connectivity index (χ4v) is 2.79. The molecule has 21 heavy (non-hydrogen) atoms. The molecular formula is C15H17N3OS2. The van der Waals surface area contributed by atoms with Crippen LogP contribution in [0.4, 0.5) is 0 Å². The molecule has 1 aliphatic rings. The first-order valence-electron chi connectivity index (χ1n) is 6.24. The molecular weight excluding hydrogens is 302 g/mol. The molecule has 110 valence electrons. The van der Waals surface area contributed by atoms with E-state index < -0.39 is 5.91 Å². The number of primary amides is 1. The fourth-order valence-electron chi connectivity index (χ4n) is 1.97. The molecule has 6 heteroatoms. The number of carbonyl (C=O) groups excluding carboxylic acids is 1. The summed E-state index contributed by atoms with van der Waals surface area (Å²) in [6.45, 7) is 5.56. The Morgan fingerprint density at radius 1 is 1.62 bits per heavy atom. The summed E-state index contributed by atoms with van der Waals surface area (Å²) < 4.78 is 0. The molecule has 0 aliphatic heterocycles. The Labute approximate surface area is 134 Å². The molecule has 0 aromatic rings. The maximum absolute atomic E-state index is 11.0. The number of allylic oxidation sites excluding steroid dienone is 4. The van der Waals surface area contributed by atoms with Crippen LogP contribution in [0.15, 0.2) is 46.2 Å². The molecule has 0 spiro atoms. The third-order valence-electron chi connectivity index (χ3n) is 2.77. The van der Waals surface area contributed by atoms with Crippen molar-refractivity contribution in [1.29, 1.82) is 5.26 Å². The fraction of sp³-hybridized carbons (Fsp3) is 0.267. The smallest absolute Gasteiger partial charge is 0.223 e. The van der Waals surface area contributed by atoms with Gasteiger partial charge < -0.3 is 11.1 Å². The Bertz CT molecular complexity index is 621. The van der Waals surface area contributed by atoms with E-state index in [1.165, 1.54) is 11.8 Å². The Balaban J connectivity index is 3.23. The number of hydrogen-bond donors (Lipinski definition) is 2. The molecule has 3 N–H and O–H groups in total. The van der Waals surface area contributed by atoms with Gasteiger partial charge in [-0.2, -0.15) is 5.26 Å². The van der Waals surface area contributed by atoms with Crippen LogP contribution < -0.4 is 11.1 Å². The largest absolute Gasteiger partial charge is 0.369 e. The number of rotatable bonds is 6. The van der Waals surface area contributed by atoms with Crippen molar-refractivity contribution in [2.45, 2.75) is 19.8 Å². The van der Waals surface area contributed by atoms with Crippen molar-refractivity contribution < 1.29 is 4.79 Å². The molecule has 0 heterocycles. The quantitative estimate of drug-likeness (QED) is 0.736. The van der Waals surface area contributed by atoms with Crippen molar-refractivity contribution in [3.05, 3.63) is 46.2 Å². The molecule has 0 saturated carbocycles. The number of carbonyl (C=O) groups is 1. The highest BCUT2D eigenvalue weighted by Gasteiger charge is 2.19. The van der Waals surface area contributed by atoms with Crippen molar-refractivity contribution in [3.8, 4) is 6.07 Å². The van der Waals surface area contributed by atoms with Crippen LogP contribution in [0.3, 0.4) is 0 Å². The Hall–Kier alpha value is -1.84. The summed E-state index contributed by atoms with van der Waals surface area (Å²) in [6.07, 6.45) is 6.53. The third-order valence-corrected chi connectivity index (χ3v) is 3.79. The van der Waals surface area contributed by atoms with E-state index in [4.69, 9.17) is 18.0 Å². The zero-order valence-electron chi connectivity index (χ0n) is 12.0. The zero-order valence-corrected chi connectivity index (χ0v) is 13.7. The summed E-state index contributed by atoms with van der Waals surface area (Å²) in [5, 5.41) is 12.5. The topological polar surface area (TPSA) is 78.9 Å². The standard InChI is InChI=1S/C15H17N3OS2/c1-9(7-14(17)19)18-12-5-4-6-13(21-3)11(8-16)15(12)10(2)20/h5-6,18H,1,4,7H2,2-3H3,(H2,17,19). The first kappa shape index (κ1) is 17.2. The summed E-state index contributed by atoms with van der Waals surface area (Å²) in [7, 11) is 0. The van der Waals surface area contributed by atoms with Gasteiger partial charge in [-0.1, -0.05) is 30.9 Å². The second kappa shape index (κ2) is 7.81. The number of nitrogens with one attached hydrogen (secondary N) is 1. The summed E-state index contributed by atoms with van der Waals surface area (Å²) in [5.74, 6) is -0.463. The lowest BCUT2D eigenvalue weighted by atomic mass is 10.0. The maximum atomic E-state index is 11.0. The van der Waals surface area contributed by atoms with Gasteiger partial charge in [0.2, 0.25) is 5.91 Å². The highest BCUT2D eigenvalue weighted by Crippen LogP contribution is 2.31. The Morgan fingerprint density at radius 2 is 2.29 bits per heavy atom. The highest BCUT2D eigenvalue weighted by molar-refractivity contribution is 8.02. The van der Waals surface area contributed by atoms with Crippen LogP contribution in [0.1, 0.15) is 19.8 Å².